The van der Waals surface area contributed by atoms with Crippen molar-refractivity contribution in [3.63, 3.8) is 0 Å². The third-order valence-corrected chi connectivity index (χ3v) is 5.42. The van der Waals surface area contributed by atoms with Crippen LogP contribution in [-0.4, -0.2) is 23.1 Å². The minimum absolute atomic E-state index is 0.0130. The molecule has 4 nitrogen and oxygen atoms in total. The minimum atomic E-state index is -0.676. The Hall–Kier alpha value is -1.16. The van der Waals surface area contributed by atoms with Crippen LogP contribution in [0.2, 0.25) is 0 Å². The van der Waals surface area contributed by atoms with Crippen LogP contribution in [0.5, 0.6) is 0 Å². The highest BCUT2D eigenvalue weighted by molar-refractivity contribution is 6.08. The monoisotopic (exact) mass is 264 g/mol. The van der Waals surface area contributed by atoms with Gasteiger partial charge in [-0.25, -0.2) is 4.79 Å². The van der Waals surface area contributed by atoms with Crippen molar-refractivity contribution in [3.8, 4) is 0 Å². The summed E-state index contributed by atoms with van der Waals surface area (Å²) in [5, 5.41) is 10.5. The van der Waals surface area contributed by atoms with Gasteiger partial charge in [0.25, 0.3) is 0 Å². The smallest absolute Gasteiger partial charge is 0.342 e. The van der Waals surface area contributed by atoms with E-state index in [-0.39, 0.29) is 16.7 Å². The summed E-state index contributed by atoms with van der Waals surface area (Å²) in [6.45, 7) is 6.30. The van der Waals surface area contributed by atoms with Gasteiger partial charge in [-0.3, -0.25) is 4.79 Å². The first-order valence-electron chi connectivity index (χ1n) is 6.93. The molecule has 2 aliphatic carbocycles. The van der Waals surface area contributed by atoms with Gasteiger partial charge < -0.3 is 9.84 Å². The number of rotatable bonds is 0. The van der Waals surface area contributed by atoms with Crippen LogP contribution in [0.25, 0.3) is 0 Å². The van der Waals surface area contributed by atoms with Crippen LogP contribution in [0.4, 0.5) is 0 Å². The Balaban J connectivity index is 2.15. The molecule has 1 N–H and O–H groups in total. The number of aliphatic hydroxyl groups excluding tert-OH is 1. The molecule has 1 aliphatic heterocycles. The van der Waals surface area contributed by atoms with Crippen molar-refractivity contribution >= 4 is 11.9 Å². The van der Waals surface area contributed by atoms with Crippen molar-refractivity contribution < 1.29 is 19.4 Å². The first kappa shape index (κ1) is 12.9. The van der Waals surface area contributed by atoms with Crippen molar-refractivity contribution in [2.24, 2.45) is 22.7 Å². The molecule has 104 valence electrons. The first-order chi connectivity index (χ1) is 8.77. The van der Waals surface area contributed by atoms with Crippen molar-refractivity contribution in [3.05, 3.63) is 11.6 Å². The lowest BCUT2D eigenvalue weighted by molar-refractivity contribution is -0.158. The van der Waals surface area contributed by atoms with E-state index in [4.69, 9.17) is 4.74 Å². The largest absolute Gasteiger partial charge is 0.389 e. The molecule has 4 heteroatoms. The van der Waals surface area contributed by atoms with Gasteiger partial charge in [-0.15, -0.1) is 0 Å². The second-order valence-electron chi connectivity index (χ2n) is 7.08. The van der Waals surface area contributed by atoms with E-state index in [2.05, 4.69) is 13.8 Å². The number of hydrogen-bond acceptors (Lipinski definition) is 4. The highest BCUT2D eigenvalue weighted by Gasteiger charge is 2.62. The van der Waals surface area contributed by atoms with Gasteiger partial charge in [0.05, 0.1) is 17.6 Å². The lowest BCUT2D eigenvalue weighted by Crippen LogP contribution is -2.55. The van der Waals surface area contributed by atoms with E-state index in [0.717, 1.165) is 19.3 Å². The van der Waals surface area contributed by atoms with Crippen LogP contribution in [0.1, 0.15) is 40.0 Å². The molecule has 1 saturated carbocycles. The standard InChI is InChI=1S/C15H20O4/c1-14(2)5-4-6-15(3)10-8(7-9(16)11(14)15)12(17)19-13(10)18/h7,9-11,16H,4-6H2,1-3H3/t9-,10+,11-,15+/m0/s1. The molecular formula is C15H20O4. The van der Waals surface area contributed by atoms with Gasteiger partial charge in [0.1, 0.15) is 0 Å². The summed E-state index contributed by atoms with van der Waals surface area (Å²) in [6, 6.07) is 0. The van der Waals surface area contributed by atoms with Crippen LogP contribution in [0.15, 0.2) is 11.6 Å². The quantitative estimate of drug-likeness (QED) is 0.535. The van der Waals surface area contributed by atoms with E-state index >= 15 is 0 Å². The minimum Gasteiger partial charge on any atom is -0.389 e. The fourth-order valence-corrected chi connectivity index (χ4v) is 4.83. The Morgan fingerprint density at radius 1 is 1.26 bits per heavy atom. The normalized spacial score (nSPS) is 44.2. The zero-order valence-corrected chi connectivity index (χ0v) is 11.6. The third-order valence-electron chi connectivity index (χ3n) is 5.42. The molecule has 0 spiro atoms. The predicted octanol–water partition coefficient (Wildman–Crippen LogP) is 1.82. The average molecular weight is 264 g/mol. The zero-order valence-electron chi connectivity index (χ0n) is 11.6. The van der Waals surface area contributed by atoms with Gasteiger partial charge in [-0.05, 0) is 29.7 Å². The maximum Gasteiger partial charge on any atom is 0.342 e. The molecule has 0 radical (unpaired) electrons. The summed E-state index contributed by atoms with van der Waals surface area (Å²) in [7, 11) is 0. The Kier molecular flexibility index (Phi) is 2.50. The molecule has 0 aromatic rings. The van der Waals surface area contributed by atoms with E-state index < -0.39 is 24.0 Å². The number of carbonyl (C=O) groups excluding carboxylic acids is 2. The maximum atomic E-state index is 12.0. The lowest BCUT2D eigenvalue weighted by Gasteiger charge is -2.55. The second kappa shape index (κ2) is 3.69. The van der Waals surface area contributed by atoms with E-state index in [1.165, 1.54) is 0 Å². The van der Waals surface area contributed by atoms with Gasteiger partial charge in [-0.1, -0.05) is 27.2 Å². The molecule has 0 unspecified atom stereocenters. The Morgan fingerprint density at radius 3 is 2.63 bits per heavy atom. The van der Waals surface area contributed by atoms with Gasteiger partial charge in [0.2, 0.25) is 0 Å². The van der Waals surface area contributed by atoms with Crippen LogP contribution >= 0.6 is 0 Å². The Morgan fingerprint density at radius 2 is 1.95 bits per heavy atom. The number of aliphatic hydroxyl groups is 1. The fourth-order valence-electron chi connectivity index (χ4n) is 4.83. The molecular weight excluding hydrogens is 244 g/mol. The molecule has 19 heavy (non-hydrogen) atoms. The van der Waals surface area contributed by atoms with Gasteiger partial charge in [0.15, 0.2) is 0 Å². The number of hydrogen-bond donors (Lipinski definition) is 1. The summed E-state index contributed by atoms with van der Waals surface area (Å²) < 4.78 is 4.78. The van der Waals surface area contributed by atoms with Crippen LogP contribution < -0.4 is 0 Å². The molecule has 0 aromatic carbocycles. The van der Waals surface area contributed by atoms with Crippen LogP contribution in [0.3, 0.4) is 0 Å². The molecule has 0 amide bonds. The molecule has 2 fully saturated rings. The number of ether oxygens (including phenoxy) is 1. The van der Waals surface area contributed by atoms with Gasteiger partial charge >= 0.3 is 11.9 Å². The summed E-state index contributed by atoms with van der Waals surface area (Å²) >= 11 is 0. The molecule has 0 aromatic heterocycles. The number of fused-ring (bicyclic) bond motifs is 3. The molecule has 3 rings (SSSR count). The van der Waals surface area contributed by atoms with Crippen molar-refractivity contribution in [2.75, 3.05) is 0 Å². The SMILES string of the molecule is CC1(C)CCC[C@]2(C)[C@H]3C(=O)OC(=O)C3=C[C@H](O)[C@@H]12. The van der Waals surface area contributed by atoms with E-state index in [0.29, 0.717) is 5.57 Å². The summed E-state index contributed by atoms with van der Waals surface area (Å²) in [5.74, 6) is -1.51. The van der Waals surface area contributed by atoms with Crippen molar-refractivity contribution in [1.29, 1.82) is 0 Å². The summed E-state index contributed by atoms with van der Waals surface area (Å²) in [4.78, 5) is 23.8. The summed E-state index contributed by atoms with van der Waals surface area (Å²) in [5.41, 5.74) is -0.0524. The number of carbonyl (C=O) groups is 2. The molecule has 0 bridgehead atoms. The number of esters is 2. The average Bonchev–Trinajstić information content (AvgIpc) is 2.52. The topological polar surface area (TPSA) is 63.6 Å². The van der Waals surface area contributed by atoms with Crippen molar-refractivity contribution in [1.82, 2.24) is 0 Å². The van der Waals surface area contributed by atoms with Gasteiger partial charge in [-0.2, -0.15) is 0 Å². The van der Waals surface area contributed by atoms with E-state index in [1.54, 1.807) is 6.08 Å². The van der Waals surface area contributed by atoms with E-state index in [1.807, 2.05) is 6.92 Å². The highest BCUT2D eigenvalue weighted by atomic mass is 16.6. The second-order valence-corrected chi connectivity index (χ2v) is 7.08. The maximum absolute atomic E-state index is 12.0. The van der Waals surface area contributed by atoms with E-state index in [9.17, 15) is 14.7 Å². The van der Waals surface area contributed by atoms with Crippen LogP contribution in [-0.2, 0) is 14.3 Å². The van der Waals surface area contributed by atoms with Crippen molar-refractivity contribution in [2.45, 2.75) is 46.1 Å². The van der Waals surface area contributed by atoms with Crippen LogP contribution in [0, 0.1) is 22.7 Å². The fraction of sp³-hybridized carbons (Fsp3) is 0.733. The van der Waals surface area contributed by atoms with Gasteiger partial charge in [0, 0.05) is 5.92 Å². The number of cyclic esters (lactones) is 2. The molecule has 1 saturated heterocycles. The molecule has 3 aliphatic rings. The predicted molar refractivity (Wildman–Crippen MR) is 67.9 cm³/mol. The third kappa shape index (κ3) is 1.55. The first-order valence-corrected chi connectivity index (χ1v) is 6.93. The lowest BCUT2D eigenvalue weighted by atomic mass is 9.48. The molecule has 4 atom stereocenters. The highest BCUT2D eigenvalue weighted by Crippen LogP contribution is 2.61. The molecule has 1 heterocycles. The zero-order chi connectivity index (χ0) is 14.0. The summed E-state index contributed by atoms with van der Waals surface area (Å²) in [6.07, 6.45) is 3.77. The Bertz CT molecular complexity index is 490. The Labute approximate surface area is 112 Å².